The van der Waals surface area contributed by atoms with Gasteiger partial charge in [0.1, 0.15) is 0 Å². The molecule has 0 aliphatic heterocycles. The van der Waals surface area contributed by atoms with Crippen LogP contribution in [0.15, 0.2) is 54.7 Å². The SMILES string of the molecule is CN(C(=O)c1c[nH]c2ccccc12)c1ccc(C#N)cc1. The quantitative estimate of drug-likeness (QED) is 0.780. The van der Waals surface area contributed by atoms with Gasteiger partial charge in [0.2, 0.25) is 0 Å². The molecular weight excluding hydrogens is 262 g/mol. The Morgan fingerprint density at radius 1 is 1.14 bits per heavy atom. The number of para-hydroxylation sites is 1. The monoisotopic (exact) mass is 275 g/mol. The number of carbonyl (C=O) groups is 1. The smallest absolute Gasteiger partial charge is 0.260 e. The van der Waals surface area contributed by atoms with E-state index in [2.05, 4.69) is 11.1 Å². The number of nitriles is 1. The Kier molecular flexibility index (Phi) is 3.17. The molecule has 4 nitrogen and oxygen atoms in total. The van der Waals surface area contributed by atoms with Gasteiger partial charge < -0.3 is 9.88 Å². The minimum Gasteiger partial charge on any atom is -0.360 e. The number of nitrogens with one attached hydrogen (secondary N) is 1. The number of rotatable bonds is 2. The zero-order chi connectivity index (χ0) is 14.8. The maximum Gasteiger partial charge on any atom is 0.260 e. The molecule has 1 aromatic heterocycles. The average molecular weight is 275 g/mol. The molecule has 2 aromatic carbocycles. The first-order valence-electron chi connectivity index (χ1n) is 6.55. The number of fused-ring (bicyclic) bond motifs is 1. The second-order valence-corrected chi connectivity index (χ2v) is 4.77. The van der Waals surface area contributed by atoms with E-state index >= 15 is 0 Å². The Labute approximate surface area is 122 Å². The van der Waals surface area contributed by atoms with Gasteiger partial charge in [0, 0.05) is 29.8 Å². The lowest BCUT2D eigenvalue weighted by Crippen LogP contribution is -2.25. The fraction of sp³-hybridized carbons (Fsp3) is 0.0588. The van der Waals surface area contributed by atoms with Gasteiger partial charge in [-0.25, -0.2) is 0 Å². The number of hydrogen-bond acceptors (Lipinski definition) is 2. The first kappa shape index (κ1) is 12.9. The number of anilines is 1. The molecule has 3 rings (SSSR count). The van der Waals surface area contributed by atoms with Gasteiger partial charge in [0.15, 0.2) is 0 Å². The molecule has 1 heterocycles. The summed E-state index contributed by atoms with van der Waals surface area (Å²) in [5, 5.41) is 9.72. The van der Waals surface area contributed by atoms with Crippen LogP contribution in [-0.2, 0) is 0 Å². The van der Waals surface area contributed by atoms with Crippen molar-refractivity contribution >= 4 is 22.5 Å². The number of hydrogen-bond donors (Lipinski definition) is 1. The van der Waals surface area contributed by atoms with Crippen molar-refractivity contribution in [3.05, 3.63) is 65.9 Å². The van der Waals surface area contributed by atoms with Gasteiger partial charge in [0.25, 0.3) is 5.91 Å². The normalized spacial score (nSPS) is 10.3. The van der Waals surface area contributed by atoms with E-state index in [0.717, 1.165) is 16.6 Å². The van der Waals surface area contributed by atoms with Crippen LogP contribution in [0.2, 0.25) is 0 Å². The number of aromatic nitrogens is 1. The first-order valence-corrected chi connectivity index (χ1v) is 6.55. The minimum atomic E-state index is -0.0860. The van der Waals surface area contributed by atoms with Crippen LogP contribution >= 0.6 is 0 Å². The molecule has 0 unspecified atom stereocenters. The molecule has 0 aliphatic rings. The van der Waals surface area contributed by atoms with Crippen LogP contribution in [0.4, 0.5) is 5.69 Å². The van der Waals surface area contributed by atoms with E-state index in [-0.39, 0.29) is 5.91 Å². The largest absolute Gasteiger partial charge is 0.360 e. The Hall–Kier alpha value is -3.06. The lowest BCUT2D eigenvalue weighted by atomic mass is 10.1. The van der Waals surface area contributed by atoms with Crippen molar-refractivity contribution in [1.82, 2.24) is 4.98 Å². The second-order valence-electron chi connectivity index (χ2n) is 4.77. The van der Waals surface area contributed by atoms with Crippen molar-refractivity contribution in [3.8, 4) is 6.07 Å². The molecule has 0 saturated heterocycles. The van der Waals surface area contributed by atoms with Crippen LogP contribution in [0, 0.1) is 11.3 Å². The Morgan fingerprint density at radius 3 is 2.57 bits per heavy atom. The number of benzene rings is 2. The molecule has 0 saturated carbocycles. The van der Waals surface area contributed by atoms with E-state index in [4.69, 9.17) is 5.26 Å². The number of H-pyrrole nitrogens is 1. The third-order valence-electron chi connectivity index (χ3n) is 3.51. The number of carbonyl (C=O) groups excluding carboxylic acids is 1. The van der Waals surface area contributed by atoms with Crippen LogP contribution in [0.1, 0.15) is 15.9 Å². The van der Waals surface area contributed by atoms with Crippen LogP contribution in [-0.4, -0.2) is 17.9 Å². The summed E-state index contributed by atoms with van der Waals surface area (Å²) in [4.78, 5) is 17.3. The summed E-state index contributed by atoms with van der Waals surface area (Å²) in [6.07, 6.45) is 1.73. The lowest BCUT2D eigenvalue weighted by molar-refractivity contribution is 0.0994. The van der Waals surface area contributed by atoms with Crippen molar-refractivity contribution < 1.29 is 4.79 Å². The average Bonchev–Trinajstić information content (AvgIpc) is 2.97. The molecule has 1 amide bonds. The summed E-state index contributed by atoms with van der Waals surface area (Å²) in [7, 11) is 1.73. The molecular formula is C17H13N3O. The van der Waals surface area contributed by atoms with E-state index in [1.165, 1.54) is 0 Å². The third-order valence-corrected chi connectivity index (χ3v) is 3.51. The highest BCUT2D eigenvalue weighted by Crippen LogP contribution is 2.22. The van der Waals surface area contributed by atoms with E-state index in [1.54, 1.807) is 42.4 Å². The van der Waals surface area contributed by atoms with E-state index in [0.29, 0.717) is 11.1 Å². The van der Waals surface area contributed by atoms with Crippen LogP contribution in [0.3, 0.4) is 0 Å². The van der Waals surface area contributed by atoms with Gasteiger partial charge in [0.05, 0.1) is 17.2 Å². The molecule has 4 heteroatoms. The summed E-state index contributed by atoms with van der Waals surface area (Å²) in [5.74, 6) is -0.0860. The molecule has 1 N–H and O–H groups in total. The predicted octanol–water partition coefficient (Wildman–Crippen LogP) is 3.32. The Morgan fingerprint density at radius 2 is 1.86 bits per heavy atom. The van der Waals surface area contributed by atoms with Gasteiger partial charge >= 0.3 is 0 Å². The molecule has 0 spiro atoms. The highest BCUT2D eigenvalue weighted by Gasteiger charge is 2.17. The fourth-order valence-electron chi connectivity index (χ4n) is 2.31. The summed E-state index contributed by atoms with van der Waals surface area (Å²) in [6.45, 7) is 0. The van der Waals surface area contributed by atoms with Crippen molar-refractivity contribution in [2.24, 2.45) is 0 Å². The number of amides is 1. The van der Waals surface area contributed by atoms with Crippen molar-refractivity contribution in [2.75, 3.05) is 11.9 Å². The highest BCUT2D eigenvalue weighted by atomic mass is 16.2. The van der Waals surface area contributed by atoms with E-state index in [9.17, 15) is 4.79 Å². The molecule has 0 bridgehead atoms. The minimum absolute atomic E-state index is 0.0860. The number of nitrogens with zero attached hydrogens (tertiary/aromatic N) is 2. The molecule has 0 atom stereocenters. The van der Waals surface area contributed by atoms with Gasteiger partial charge in [-0.1, -0.05) is 18.2 Å². The van der Waals surface area contributed by atoms with E-state index < -0.39 is 0 Å². The van der Waals surface area contributed by atoms with Gasteiger partial charge in [-0.15, -0.1) is 0 Å². The molecule has 102 valence electrons. The summed E-state index contributed by atoms with van der Waals surface area (Å²) < 4.78 is 0. The van der Waals surface area contributed by atoms with Crippen LogP contribution in [0.25, 0.3) is 10.9 Å². The van der Waals surface area contributed by atoms with Crippen LogP contribution in [0.5, 0.6) is 0 Å². The van der Waals surface area contributed by atoms with Crippen LogP contribution < -0.4 is 4.90 Å². The zero-order valence-electron chi connectivity index (χ0n) is 11.5. The van der Waals surface area contributed by atoms with E-state index in [1.807, 2.05) is 24.3 Å². The maximum absolute atomic E-state index is 12.6. The maximum atomic E-state index is 12.6. The van der Waals surface area contributed by atoms with Crippen molar-refractivity contribution in [2.45, 2.75) is 0 Å². The first-order chi connectivity index (χ1) is 10.2. The van der Waals surface area contributed by atoms with Gasteiger partial charge in [-0.2, -0.15) is 5.26 Å². The second kappa shape index (κ2) is 5.14. The molecule has 0 radical (unpaired) electrons. The zero-order valence-corrected chi connectivity index (χ0v) is 11.5. The van der Waals surface area contributed by atoms with Crippen molar-refractivity contribution in [1.29, 1.82) is 5.26 Å². The Bertz CT molecular complexity index is 840. The molecule has 0 fully saturated rings. The van der Waals surface area contributed by atoms with Gasteiger partial charge in [-0.05, 0) is 30.3 Å². The fourth-order valence-corrected chi connectivity index (χ4v) is 2.31. The van der Waals surface area contributed by atoms with Gasteiger partial charge in [-0.3, -0.25) is 4.79 Å². The molecule has 21 heavy (non-hydrogen) atoms. The Balaban J connectivity index is 1.95. The predicted molar refractivity (Wildman–Crippen MR) is 82.2 cm³/mol. The topological polar surface area (TPSA) is 59.9 Å². The molecule has 0 aliphatic carbocycles. The summed E-state index contributed by atoms with van der Waals surface area (Å²) in [6, 6.07) is 16.7. The van der Waals surface area contributed by atoms with Crippen molar-refractivity contribution in [3.63, 3.8) is 0 Å². The summed E-state index contributed by atoms with van der Waals surface area (Å²) >= 11 is 0. The summed E-state index contributed by atoms with van der Waals surface area (Å²) in [5.41, 5.74) is 2.91. The highest BCUT2D eigenvalue weighted by molar-refractivity contribution is 6.13. The lowest BCUT2D eigenvalue weighted by Gasteiger charge is -2.17. The standard InChI is InChI=1S/C17H13N3O/c1-20(13-8-6-12(10-18)7-9-13)17(21)15-11-19-16-5-3-2-4-14(15)16/h2-9,11,19H,1H3. The third kappa shape index (κ3) is 2.26. The number of aromatic amines is 1. The molecule has 3 aromatic rings.